The molecule has 0 aromatic carbocycles. The molecule has 0 unspecified atom stereocenters. The first-order chi connectivity index (χ1) is 10.3. The summed E-state index contributed by atoms with van der Waals surface area (Å²) in [7, 11) is 3.23. The molecular weight excluding hydrogens is 268 g/mol. The van der Waals surface area contributed by atoms with Gasteiger partial charge in [-0.05, 0) is 12.1 Å². The number of rotatable bonds is 4. The molecule has 0 aliphatic carbocycles. The molecule has 0 bridgehead atoms. The van der Waals surface area contributed by atoms with Crippen molar-refractivity contribution in [2.75, 3.05) is 14.2 Å². The van der Waals surface area contributed by atoms with E-state index in [1.807, 2.05) is 30.5 Å². The van der Waals surface area contributed by atoms with Crippen molar-refractivity contribution in [2.45, 2.75) is 0 Å². The second-order valence-electron chi connectivity index (χ2n) is 4.28. The molecule has 0 N–H and O–H groups in total. The summed E-state index contributed by atoms with van der Waals surface area (Å²) in [5, 5.41) is 4.18. The van der Waals surface area contributed by atoms with Crippen LogP contribution in [0.5, 0.6) is 11.5 Å². The Labute approximate surface area is 122 Å². The molecule has 21 heavy (non-hydrogen) atoms. The van der Waals surface area contributed by atoms with Gasteiger partial charge in [0.25, 0.3) is 0 Å². The Bertz CT molecular complexity index is 741. The van der Waals surface area contributed by atoms with Crippen LogP contribution in [0.25, 0.3) is 17.2 Å². The van der Waals surface area contributed by atoms with Crippen LogP contribution in [-0.2, 0) is 0 Å². The van der Waals surface area contributed by atoms with E-state index in [1.54, 1.807) is 37.4 Å². The molecule has 6 nitrogen and oxygen atoms in total. The van der Waals surface area contributed by atoms with Crippen molar-refractivity contribution in [1.29, 1.82) is 0 Å². The lowest BCUT2D eigenvalue weighted by atomic mass is 10.2. The minimum atomic E-state index is 0.666. The zero-order valence-corrected chi connectivity index (χ0v) is 11.7. The molecule has 0 aliphatic rings. The van der Waals surface area contributed by atoms with E-state index < -0.39 is 0 Å². The fraction of sp³-hybridized carbons (Fsp3) is 0.133. The van der Waals surface area contributed by atoms with E-state index in [0.29, 0.717) is 23.0 Å². The first-order valence-electron chi connectivity index (χ1n) is 6.36. The van der Waals surface area contributed by atoms with Gasteiger partial charge < -0.3 is 9.47 Å². The Balaban J connectivity index is 2.11. The topological polar surface area (TPSA) is 62.1 Å². The summed E-state index contributed by atoms with van der Waals surface area (Å²) in [6, 6.07) is 9.10. The lowest BCUT2D eigenvalue weighted by molar-refractivity contribution is 0.413. The van der Waals surface area contributed by atoms with E-state index in [4.69, 9.17) is 9.47 Å². The molecule has 3 aromatic heterocycles. The van der Waals surface area contributed by atoms with Crippen molar-refractivity contribution >= 4 is 0 Å². The van der Waals surface area contributed by atoms with E-state index >= 15 is 0 Å². The van der Waals surface area contributed by atoms with E-state index in [0.717, 1.165) is 5.75 Å². The van der Waals surface area contributed by atoms with Gasteiger partial charge in [-0.25, -0.2) is 9.67 Å². The van der Waals surface area contributed by atoms with Crippen LogP contribution >= 0.6 is 0 Å². The lowest BCUT2D eigenvalue weighted by Gasteiger charge is -2.08. The second-order valence-corrected chi connectivity index (χ2v) is 4.28. The number of hydrogen-bond donors (Lipinski definition) is 0. The van der Waals surface area contributed by atoms with E-state index in [2.05, 4.69) is 15.1 Å². The molecule has 106 valence electrons. The number of aromatic nitrogens is 4. The molecule has 0 amide bonds. The van der Waals surface area contributed by atoms with Gasteiger partial charge >= 0.3 is 0 Å². The minimum Gasteiger partial charge on any atom is -0.497 e. The number of hydrogen-bond acceptors (Lipinski definition) is 5. The summed E-state index contributed by atoms with van der Waals surface area (Å²) in [4.78, 5) is 8.90. The molecular formula is C15H14N4O2. The highest BCUT2D eigenvalue weighted by Crippen LogP contribution is 2.25. The predicted octanol–water partition coefficient (Wildman–Crippen LogP) is 2.35. The van der Waals surface area contributed by atoms with Crippen molar-refractivity contribution < 1.29 is 9.47 Å². The average molecular weight is 282 g/mol. The molecule has 0 aliphatic heterocycles. The molecule has 0 saturated carbocycles. The second kappa shape index (κ2) is 5.62. The molecule has 3 heterocycles. The number of pyridine rings is 2. The van der Waals surface area contributed by atoms with Gasteiger partial charge in [-0.3, -0.25) is 4.98 Å². The van der Waals surface area contributed by atoms with Gasteiger partial charge in [0, 0.05) is 36.8 Å². The van der Waals surface area contributed by atoms with Gasteiger partial charge in [0.05, 0.1) is 25.6 Å². The van der Waals surface area contributed by atoms with Crippen LogP contribution in [0.15, 0.2) is 48.9 Å². The van der Waals surface area contributed by atoms with Gasteiger partial charge in [0.2, 0.25) is 0 Å². The fourth-order valence-electron chi connectivity index (χ4n) is 1.94. The van der Waals surface area contributed by atoms with Crippen LogP contribution in [0.3, 0.4) is 0 Å². The van der Waals surface area contributed by atoms with E-state index in [-0.39, 0.29) is 0 Å². The predicted molar refractivity (Wildman–Crippen MR) is 77.7 cm³/mol. The normalized spacial score (nSPS) is 10.4. The minimum absolute atomic E-state index is 0.666. The molecule has 0 saturated heterocycles. The summed E-state index contributed by atoms with van der Waals surface area (Å²) in [5.74, 6) is 2.08. The number of ether oxygens (including phenoxy) is 2. The Kier molecular flexibility index (Phi) is 3.51. The molecule has 3 rings (SSSR count). The highest BCUT2D eigenvalue weighted by molar-refractivity contribution is 5.59. The molecule has 0 radical (unpaired) electrons. The standard InChI is InChI=1S/C15H14N4O2/c1-20-11-4-6-16-13(8-11)14-9-12(21-2)10-15(18-14)19-7-3-5-17-19/h3-10H,1-2H3. The van der Waals surface area contributed by atoms with Crippen LogP contribution in [0.2, 0.25) is 0 Å². The Morgan fingerprint density at radius 1 is 0.952 bits per heavy atom. The SMILES string of the molecule is COc1ccnc(-c2cc(OC)cc(-n3cccn3)n2)c1. The van der Waals surface area contributed by atoms with Crippen LogP contribution in [0.1, 0.15) is 0 Å². The third-order valence-electron chi connectivity index (χ3n) is 2.99. The Hall–Kier alpha value is -2.89. The van der Waals surface area contributed by atoms with Gasteiger partial charge in [0.1, 0.15) is 11.5 Å². The molecule has 0 fully saturated rings. The highest BCUT2D eigenvalue weighted by Gasteiger charge is 2.09. The van der Waals surface area contributed by atoms with Gasteiger partial charge in [-0.1, -0.05) is 0 Å². The lowest BCUT2D eigenvalue weighted by Crippen LogP contribution is -2.01. The molecule has 0 spiro atoms. The maximum Gasteiger partial charge on any atom is 0.157 e. The van der Waals surface area contributed by atoms with E-state index in [1.165, 1.54) is 0 Å². The number of methoxy groups -OCH3 is 2. The quantitative estimate of drug-likeness (QED) is 0.735. The van der Waals surface area contributed by atoms with Gasteiger partial charge in [0.15, 0.2) is 5.82 Å². The highest BCUT2D eigenvalue weighted by atomic mass is 16.5. The summed E-state index contributed by atoms with van der Waals surface area (Å²) in [5.41, 5.74) is 1.40. The smallest absolute Gasteiger partial charge is 0.157 e. The third-order valence-corrected chi connectivity index (χ3v) is 2.99. The third kappa shape index (κ3) is 2.69. The Morgan fingerprint density at radius 3 is 2.48 bits per heavy atom. The first kappa shape index (κ1) is 13.1. The zero-order valence-electron chi connectivity index (χ0n) is 11.7. The maximum absolute atomic E-state index is 5.33. The van der Waals surface area contributed by atoms with Crippen molar-refractivity contribution in [3.63, 3.8) is 0 Å². The van der Waals surface area contributed by atoms with Gasteiger partial charge in [-0.2, -0.15) is 5.10 Å². The van der Waals surface area contributed by atoms with Crippen molar-refractivity contribution in [1.82, 2.24) is 19.7 Å². The first-order valence-corrected chi connectivity index (χ1v) is 6.36. The van der Waals surface area contributed by atoms with Crippen LogP contribution in [0.4, 0.5) is 0 Å². The van der Waals surface area contributed by atoms with E-state index in [9.17, 15) is 0 Å². The number of nitrogens with zero attached hydrogens (tertiary/aromatic N) is 4. The maximum atomic E-state index is 5.33. The zero-order chi connectivity index (χ0) is 14.7. The molecule has 3 aromatic rings. The summed E-state index contributed by atoms with van der Waals surface area (Å²) in [6.45, 7) is 0. The Morgan fingerprint density at radius 2 is 1.76 bits per heavy atom. The van der Waals surface area contributed by atoms with Crippen molar-refractivity contribution in [3.05, 3.63) is 48.9 Å². The van der Waals surface area contributed by atoms with Crippen molar-refractivity contribution in [3.8, 4) is 28.7 Å². The molecule has 6 heteroatoms. The summed E-state index contributed by atoms with van der Waals surface area (Å²) in [6.07, 6.45) is 5.21. The fourth-order valence-corrected chi connectivity index (χ4v) is 1.94. The van der Waals surface area contributed by atoms with Gasteiger partial charge in [-0.15, -0.1) is 0 Å². The monoisotopic (exact) mass is 282 g/mol. The van der Waals surface area contributed by atoms with Crippen LogP contribution in [-0.4, -0.2) is 34.0 Å². The summed E-state index contributed by atoms with van der Waals surface area (Å²) >= 11 is 0. The van der Waals surface area contributed by atoms with Crippen molar-refractivity contribution in [2.24, 2.45) is 0 Å². The van der Waals surface area contributed by atoms with Crippen LogP contribution in [0, 0.1) is 0 Å². The molecule has 0 atom stereocenters. The largest absolute Gasteiger partial charge is 0.497 e. The average Bonchev–Trinajstić information content (AvgIpc) is 3.09. The summed E-state index contributed by atoms with van der Waals surface area (Å²) < 4.78 is 12.2. The van der Waals surface area contributed by atoms with Crippen LogP contribution < -0.4 is 9.47 Å².